The van der Waals surface area contributed by atoms with Crippen molar-refractivity contribution in [3.05, 3.63) is 101 Å². The number of carbonyl (C=O) groups is 2. The van der Waals surface area contributed by atoms with Crippen LogP contribution in [0.1, 0.15) is 147 Å². The first-order valence-electron chi connectivity index (χ1n) is 25.1. The van der Waals surface area contributed by atoms with Gasteiger partial charge in [-0.15, -0.1) is 0 Å². The van der Waals surface area contributed by atoms with E-state index in [0.29, 0.717) is 66.7 Å². The summed E-state index contributed by atoms with van der Waals surface area (Å²) in [6.07, 6.45) is 4.96. The van der Waals surface area contributed by atoms with E-state index < -0.39 is 5.60 Å². The lowest BCUT2D eigenvalue weighted by molar-refractivity contribution is -0.122. The van der Waals surface area contributed by atoms with Crippen molar-refractivity contribution < 1.29 is 30.0 Å². The number of aliphatic hydroxyl groups excluding tert-OH is 2. The van der Waals surface area contributed by atoms with Gasteiger partial charge in [-0.25, -0.2) is 0 Å². The Hall–Kier alpha value is -2.02. The Morgan fingerprint density at radius 2 is 0.971 bits per heavy atom. The summed E-state index contributed by atoms with van der Waals surface area (Å²) in [5.41, 5.74) is 4.51. The van der Waals surface area contributed by atoms with Gasteiger partial charge in [-0.2, -0.15) is 0 Å². The third kappa shape index (κ3) is 31.2. The summed E-state index contributed by atoms with van der Waals surface area (Å²) < 4.78 is 0. The topological polar surface area (TPSA) is 128 Å². The van der Waals surface area contributed by atoms with Gasteiger partial charge in [0, 0.05) is 94.5 Å². The molecule has 0 aliphatic rings. The zero-order valence-corrected chi connectivity index (χ0v) is 50.8. The molecule has 0 aliphatic carbocycles. The second-order valence-corrected chi connectivity index (χ2v) is 19.5. The average Bonchev–Trinajstić information content (AvgIpc) is 3.31. The van der Waals surface area contributed by atoms with Gasteiger partial charge in [-0.3, -0.25) is 9.59 Å². The highest BCUT2D eigenvalue weighted by atomic mass is 128. The van der Waals surface area contributed by atoms with Crippen molar-refractivity contribution in [2.45, 2.75) is 138 Å². The fourth-order valence-electron chi connectivity index (χ4n) is 8.74. The fraction of sp³-hybridized carbons (Fsp3) is 0.649. The Morgan fingerprint density at radius 1 is 0.565 bits per heavy atom. The molecule has 0 aliphatic heterocycles. The van der Waals surface area contributed by atoms with Crippen molar-refractivity contribution in [2.75, 3.05) is 82.6 Å². The van der Waals surface area contributed by atoms with E-state index in [0.717, 1.165) is 55.7 Å². The van der Waals surface area contributed by atoms with Gasteiger partial charge < -0.3 is 40.0 Å². The van der Waals surface area contributed by atoms with E-state index in [1.54, 1.807) is 6.07 Å². The molecule has 12 heteroatoms. The molecule has 0 spiro atoms. The molecule has 3 rings (SSSR count). The molecular formula is C57H100I2N4O6. The highest BCUT2D eigenvalue weighted by Crippen LogP contribution is 2.34. The second kappa shape index (κ2) is 41.5. The Balaban J connectivity index is -0.000000811. The van der Waals surface area contributed by atoms with Crippen LogP contribution in [0.25, 0.3) is 0 Å². The van der Waals surface area contributed by atoms with Gasteiger partial charge in [-0.1, -0.05) is 130 Å². The van der Waals surface area contributed by atoms with E-state index in [1.165, 1.54) is 11.1 Å². The zero-order chi connectivity index (χ0) is 53.9. The lowest BCUT2D eigenvalue weighted by Gasteiger charge is -2.35. The van der Waals surface area contributed by atoms with Crippen LogP contribution in [0, 0.1) is 23.7 Å². The van der Waals surface area contributed by atoms with Crippen molar-refractivity contribution in [3.63, 3.8) is 0 Å². The minimum atomic E-state index is -0.838. The molecule has 69 heavy (non-hydrogen) atoms. The maximum Gasteiger partial charge on any atom is 0.136 e. The summed E-state index contributed by atoms with van der Waals surface area (Å²) in [6.45, 7) is 24.8. The number of aromatic hydroxyl groups is 1. The summed E-state index contributed by atoms with van der Waals surface area (Å²) in [4.78, 5) is 29.8. The molecule has 0 saturated carbocycles. The molecule has 0 bridgehead atoms. The van der Waals surface area contributed by atoms with Gasteiger partial charge in [-0.05, 0) is 139 Å². The van der Waals surface area contributed by atoms with E-state index >= 15 is 0 Å². The molecule has 0 amide bonds. The normalized spacial score (nSPS) is 14.3. The van der Waals surface area contributed by atoms with E-state index in [4.69, 9.17) is 0 Å². The van der Waals surface area contributed by atoms with Gasteiger partial charge in [0.25, 0.3) is 0 Å². The van der Waals surface area contributed by atoms with E-state index in [1.807, 2.05) is 116 Å². The molecule has 1 unspecified atom stereocenters. The number of Topliss-reactive ketones (excluding diaryl/α,β-unsaturated/α-hetero) is 2. The van der Waals surface area contributed by atoms with Crippen LogP contribution in [0.4, 0.5) is 0 Å². The molecule has 7 atom stereocenters. The van der Waals surface area contributed by atoms with E-state index in [9.17, 15) is 30.0 Å². The van der Waals surface area contributed by atoms with Crippen molar-refractivity contribution >= 4 is 48.8 Å². The molecule has 10 nitrogen and oxygen atoms in total. The first-order chi connectivity index (χ1) is 32.4. The van der Waals surface area contributed by atoms with Crippen molar-refractivity contribution in [3.8, 4) is 5.75 Å². The average molecular weight is 1190 g/mol. The van der Waals surface area contributed by atoms with Crippen LogP contribution in [0.5, 0.6) is 5.75 Å². The van der Waals surface area contributed by atoms with Crippen LogP contribution in [0.2, 0.25) is 0 Å². The van der Waals surface area contributed by atoms with Crippen molar-refractivity contribution in [2.24, 2.45) is 23.7 Å². The van der Waals surface area contributed by atoms with Crippen LogP contribution in [0.15, 0.2) is 72.8 Å². The summed E-state index contributed by atoms with van der Waals surface area (Å²) >= 11 is 4.24. The van der Waals surface area contributed by atoms with Crippen LogP contribution in [0.3, 0.4) is 0 Å². The Morgan fingerprint density at radius 3 is 1.32 bits per heavy atom. The SMILES string of the molecule is CCC(=O)C(C)CN(C)C.CCC(=O)CC.CC[C@@H](c1cccc(CO)c1)[C@@H](C)CN(C)C.CC[C@@H](c1cccc(O)c1)[C@@H](C)CN(C)C.CC[C@@](O)(c1cccc(CO)c1)[C@@H](C)CN(C)C.II. The number of rotatable bonds is 23. The van der Waals surface area contributed by atoms with Crippen molar-refractivity contribution in [1.82, 2.24) is 19.6 Å². The Labute approximate surface area is 446 Å². The number of hydrogen-bond acceptors (Lipinski definition) is 10. The van der Waals surface area contributed by atoms with E-state index in [-0.39, 0.29) is 25.0 Å². The number of carbonyl (C=O) groups excluding carboxylic acids is 2. The number of benzene rings is 3. The van der Waals surface area contributed by atoms with Gasteiger partial charge >= 0.3 is 0 Å². The standard InChI is InChI=1S/C15H25NO2.C15H25NO.C14H23NO.C8H17NO.C5H10O.I2/c1-5-15(18,12(2)10-16(3)4)14-8-6-7-13(9-14)11-17;1-5-15(12(2)10-16(3)4)14-8-6-7-13(9-14)11-17;1-5-14(11(2)10-15(3)4)12-7-6-8-13(16)9-12;1-5-8(10)7(2)6-9(3)4;1-3-5(6)4-2;1-2/h6-9,12,17-18H,5,10-11H2,1-4H3;6-9,12,15,17H,5,10-11H2,1-4H3;6-9,11,14,16H,5,10H2,1-4H3;7H,5-6H2,1-4H3;3-4H2,1-2H3;/t12-,15-;12-,15+;11-,14+;;;/m000.../s1. The maximum atomic E-state index is 11.0. The smallest absolute Gasteiger partial charge is 0.136 e. The van der Waals surface area contributed by atoms with Gasteiger partial charge in [0.15, 0.2) is 0 Å². The largest absolute Gasteiger partial charge is 0.508 e. The number of phenols is 1. The lowest BCUT2D eigenvalue weighted by Crippen LogP contribution is -2.38. The van der Waals surface area contributed by atoms with Gasteiger partial charge in [0.1, 0.15) is 17.3 Å². The first kappa shape index (κ1) is 71.2. The van der Waals surface area contributed by atoms with E-state index in [2.05, 4.69) is 133 Å². The molecule has 3 aromatic carbocycles. The summed E-state index contributed by atoms with van der Waals surface area (Å²) in [7, 11) is 16.4. The highest BCUT2D eigenvalue weighted by molar-refractivity contribution is 15.0. The minimum Gasteiger partial charge on any atom is -0.508 e. The Bertz CT molecular complexity index is 1740. The zero-order valence-electron chi connectivity index (χ0n) is 46.5. The highest BCUT2D eigenvalue weighted by Gasteiger charge is 2.34. The number of aliphatic hydroxyl groups is 3. The number of hydrogen-bond donors (Lipinski definition) is 4. The molecule has 0 saturated heterocycles. The van der Waals surface area contributed by atoms with Gasteiger partial charge in [0.2, 0.25) is 0 Å². The van der Waals surface area contributed by atoms with Crippen LogP contribution in [-0.4, -0.2) is 134 Å². The number of phenolic OH excluding ortho intramolecular Hbond substituents is 1. The first-order valence-corrected chi connectivity index (χ1v) is 31.4. The van der Waals surface area contributed by atoms with Crippen LogP contribution in [-0.2, 0) is 28.4 Å². The molecule has 3 aromatic rings. The Kier molecular flexibility index (Phi) is 42.8. The third-order valence-electron chi connectivity index (χ3n) is 12.3. The quantitative estimate of drug-likeness (QED) is 0.0682. The second-order valence-electron chi connectivity index (χ2n) is 19.5. The molecular weight excluding hydrogens is 1090 g/mol. The molecule has 0 fully saturated rings. The summed E-state index contributed by atoms with van der Waals surface area (Å²) in [5, 5.41) is 38.8. The molecule has 398 valence electrons. The van der Waals surface area contributed by atoms with Crippen molar-refractivity contribution in [1.29, 1.82) is 0 Å². The number of halogens is 2. The maximum absolute atomic E-state index is 11.0. The van der Waals surface area contributed by atoms with Gasteiger partial charge in [0.05, 0.1) is 18.8 Å². The third-order valence-corrected chi connectivity index (χ3v) is 12.3. The molecule has 0 radical (unpaired) electrons. The fourth-order valence-corrected chi connectivity index (χ4v) is 8.74. The number of ketones is 2. The summed E-state index contributed by atoms with van der Waals surface area (Å²) in [5.74, 6) is 3.72. The predicted octanol–water partition coefficient (Wildman–Crippen LogP) is 12.2. The minimum absolute atomic E-state index is 0.00962. The number of nitrogens with zero attached hydrogens (tertiary/aromatic N) is 4. The molecule has 4 N–H and O–H groups in total. The van der Waals surface area contributed by atoms with Crippen LogP contribution >= 0.6 is 37.2 Å². The lowest BCUT2D eigenvalue weighted by atomic mass is 9.79. The predicted molar refractivity (Wildman–Crippen MR) is 313 cm³/mol. The molecule has 0 heterocycles. The van der Waals surface area contributed by atoms with Crippen LogP contribution < -0.4 is 0 Å². The summed E-state index contributed by atoms with van der Waals surface area (Å²) in [6, 6.07) is 23.6. The molecule has 0 aromatic heterocycles. The monoisotopic (exact) mass is 1190 g/mol.